The van der Waals surface area contributed by atoms with Crippen LogP contribution in [0.1, 0.15) is 26.6 Å². The number of hydrogen-bond donors (Lipinski definition) is 1. The fraction of sp³-hybridized carbons (Fsp3) is 0.174. The Morgan fingerprint density at radius 2 is 1.90 bits per heavy atom. The van der Waals surface area contributed by atoms with Gasteiger partial charge in [0.15, 0.2) is 5.13 Å². The van der Waals surface area contributed by atoms with Crippen molar-refractivity contribution in [3.63, 3.8) is 0 Å². The number of anilines is 1. The molecule has 7 heteroatoms. The van der Waals surface area contributed by atoms with E-state index >= 15 is 0 Å². The van der Waals surface area contributed by atoms with Crippen LogP contribution in [0.5, 0.6) is 5.75 Å². The Morgan fingerprint density at radius 3 is 2.57 bits per heavy atom. The third kappa shape index (κ3) is 3.71. The maximum atomic E-state index is 13.0. The standard InChI is InChI=1S/C23H22N4O2S/c1-14-12-20(15(2)27(14)18-6-5-11-24-13-18)22(28)26-23-25-21(16(3)30-23)17-7-9-19(29-4)10-8-17/h5-13H,1-4H3,(H,25,26,28). The van der Waals surface area contributed by atoms with E-state index in [1.54, 1.807) is 19.5 Å². The first-order valence-corrected chi connectivity index (χ1v) is 10.3. The van der Waals surface area contributed by atoms with Crippen molar-refractivity contribution in [2.75, 3.05) is 12.4 Å². The number of nitrogens with zero attached hydrogens (tertiary/aromatic N) is 3. The highest BCUT2D eigenvalue weighted by atomic mass is 32.1. The number of pyridine rings is 1. The highest BCUT2D eigenvalue weighted by molar-refractivity contribution is 7.16. The summed E-state index contributed by atoms with van der Waals surface area (Å²) in [7, 11) is 1.64. The third-order valence-corrected chi connectivity index (χ3v) is 5.85. The monoisotopic (exact) mass is 418 g/mol. The van der Waals surface area contributed by atoms with Crippen molar-refractivity contribution >= 4 is 22.4 Å². The van der Waals surface area contributed by atoms with Gasteiger partial charge in [0.1, 0.15) is 5.75 Å². The van der Waals surface area contributed by atoms with E-state index in [0.29, 0.717) is 10.7 Å². The summed E-state index contributed by atoms with van der Waals surface area (Å²) in [6.45, 7) is 5.91. The molecule has 0 aliphatic carbocycles. The molecule has 3 aromatic heterocycles. The number of rotatable bonds is 5. The molecule has 1 N–H and O–H groups in total. The molecule has 0 aliphatic heterocycles. The lowest BCUT2D eigenvalue weighted by atomic mass is 10.1. The van der Waals surface area contributed by atoms with Crippen LogP contribution < -0.4 is 10.1 Å². The van der Waals surface area contributed by atoms with Crippen molar-refractivity contribution in [2.45, 2.75) is 20.8 Å². The van der Waals surface area contributed by atoms with Crippen LogP contribution in [0.4, 0.5) is 5.13 Å². The van der Waals surface area contributed by atoms with Gasteiger partial charge < -0.3 is 9.30 Å². The quantitative estimate of drug-likeness (QED) is 0.485. The van der Waals surface area contributed by atoms with Gasteiger partial charge in [0.05, 0.1) is 30.3 Å². The normalized spacial score (nSPS) is 10.8. The van der Waals surface area contributed by atoms with E-state index in [4.69, 9.17) is 4.74 Å². The average molecular weight is 419 g/mol. The minimum Gasteiger partial charge on any atom is -0.497 e. The highest BCUT2D eigenvalue weighted by Gasteiger charge is 2.19. The van der Waals surface area contributed by atoms with Gasteiger partial charge in [0, 0.05) is 28.0 Å². The molecule has 0 atom stereocenters. The molecule has 4 aromatic rings. The molecule has 1 aromatic carbocycles. The molecule has 3 heterocycles. The number of methoxy groups -OCH3 is 1. The Morgan fingerprint density at radius 1 is 1.13 bits per heavy atom. The van der Waals surface area contributed by atoms with Gasteiger partial charge in [0.25, 0.3) is 5.91 Å². The topological polar surface area (TPSA) is 69.0 Å². The van der Waals surface area contributed by atoms with Gasteiger partial charge in [-0.25, -0.2) is 4.98 Å². The number of thiazole rings is 1. The fourth-order valence-electron chi connectivity index (χ4n) is 3.51. The second-order valence-electron chi connectivity index (χ2n) is 6.94. The van der Waals surface area contributed by atoms with E-state index in [1.807, 2.05) is 67.8 Å². The smallest absolute Gasteiger partial charge is 0.259 e. The molecule has 152 valence electrons. The fourth-order valence-corrected chi connectivity index (χ4v) is 4.34. The lowest BCUT2D eigenvalue weighted by Gasteiger charge is -2.09. The number of hydrogen-bond acceptors (Lipinski definition) is 5. The van der Waals surface area contributed by atoms with E-state index in [1.165, 1.54) is 11.3 Å². The van der Waals surface area contributed by atoms with E-state index in [2.05, 4.69) is 15.3 Å². The summed E-state index contributed by atoms with van der Waals surface area (Å²) in [6.07, 6.45) is 3.52. The van der Waals surface area contributed by atoms with Gasteiger partial charge in [-0.15, -0.1) is 11.3 Å². The van der Waals surface area contributed by atoms with Crippen molar-refractivity contribution in [2.24, 2.45) is 0 Å². The second kappa shape index (κ2) is 8.12. The predicted molar refractivity (Wildman–Crippen MR) is 120 cm³/mol. The Kier molecular flexibility index (Phi) is 5.37. The third-order valence-electron chi connectivity index (χ3n) is 4.96. The van der Waals surface area contributed by atoms with Crippen molar-refractivity contribution in [1.29, 1.82) is 0 Å². The van der Waals surface area contributed by atoms with E-state index in [0.717, 1.165) is 39.0 Å². The highest BCUT2D eigenvalue weighted by Crippen LogP contribution is 2.32. The number of benzene rings is 1. The van der Waals surface area contributed by atoms with Crippen molar-refractivity contribution in [3.05, 3.63) is 76.7 Å². The number of aromatic nitrogens is 3. The predicted octanol–water partition coefficient (Wildman–Crippen LogP) is 5.18. The zero-order chi connectivity index (χ0) is 21.3. The molecule has 0 radical (unpaired) electrons. The largest absolute Gasteiger partial charge is 0.497 e. The van der Waals surface area contributed by atoms with Crippen LogP contribution in [-0.4, -0.2) is 27.6 Å². The maximum absolute atomic E-state index is 13.0. The minimum absolute atomic E-state index is 0.173. The number of ether oxygens (including phenoxy) is 1. The molecule has 0 aliphatic rings. The summed E-state index contributed by atoms with van der Waals surface area (Å²) in [4.78, 5) is 22.8. The summed E-state index contributed by atoms with van der Waals surface area (Å²) < 4.78 is 7.24. The van der Waals surface area contributed by atoms with Gasteiger partial charge in [-0.3, -0.25) is 15.1 Å². The van der Waals surface area contributed by atoms with E-state index in [-0.39, 0.29) is 5.91 Å². The zero-order valence-corrected chi connectivity index (χ0v) is 18.1. The van der Waals surface area contributed by atoms with Crippen LogP contribution in [-0.2, 0) is 0 Å². The van der Waals surface area contributed by atoms with Gasteiger partial charge in [-0.1, -0.05) is 0 Å². The van der Waals surface area contributed by atoms with Gasteiger partial charge in [-0.2, -0.15) is 0 Å². The van der Waals surface area contributed by atoms with Crippen LogP contribution in [0.25, 0.3) is 16.9 Å². The summed E-state index contributed by atoms with van der Waals surface area (Å²) in [5, 5.41) is 3.54. The van der Waals surface area contributed by atoms with Crippen molar-refractivity contribution in [3.8, 4) is 22.7 Å². The van der Waals surface area contributed by atoms with Crippen molar-refractivity contribution < 1.29 is 9.53 Å². The first-order valence-electron chi connectivity index (χ1n) is 9.50. The molecule has 0 saturated heterocycles. The maximum Gasteiger partial charge on any atom is 0.259 e. The number of nitrogens with one attached hydrogen (secondary N) is 1. The average Bonchev–Trinajstić information content (AvgIpc) is 3.27. The minimum atomic E-state index is -0.173. The SMILES string of the molecule is COc1ccc(-c2nc(NC(=O)c3cc(C)n(-c4cccnc4)c3C)sc2C)cc1. The first kappa shape index (κ1) is 19.8. The Hall–Kier alpha value is -3.45. The lowest BCUT2D eigenvalue weighted by Crippen LogP contribution is -2.13. The summed E-state index contributed by atoms with van der Waals surface area (Å²) in [6, 6.07) is 13.5. The van der Waals surface area contributed by atoms with Crippen LogP contribution in [0.3, 0.4) is 0 Å². The lowest BCUT2D eigenvalue weighted by molar-refractivity contribution is 0.102. The van der Waals surface area contributed by atoms with E-state index < -0.39 is 0 Å². The molecule has 0 spiro atoms. The molecule has 0 unspecified atom stereocenters. The van der Waals surface area contributed by atoms with Gasteiger partial charge in [0.2, 0.25) is 0 Å². The summed E-state index contributed by atoms with van der Waals surface area (Å²) >= 11 is 1.46. The molecule has 0 fully saturated rings. The van der Waals surface area contributed by atoms with Gasteiger partial charge in [-0.05, 0) is 63.2 Å². The van der Waals surface area contributed by atoms with Crippen LogP contribution >= 0.6 is 11.3 Å². The number of carbonyl (C=O) groups excluding carboxylic acids is 1. The molecule has 0 saturated carbocycles. The van der Waals surface area contributed by atoms with Crippen molar-refractivity contribution in [1.82, 2.24) is 14.5 Å². The molecular weight excluding hydrogens is 396 g/mol. The molecule has 1 amide bonds. The number of amides is 1. The van der Waals surface area contributed by atoms with Gasteiger partial charge >= 0.3 is 0 Å². The molecular formula is C23H22N4O2S. The number of aryl methyl sites for hydroxylation is 2. The molecule has 0 bridgehead atoms. The van der Waals surface area contributed by atoms with Crippen LogP contribution in [0.2, 0.25) is 0 Å². The summed E-state index contributed by atoms with van der Waals surface area (Å²) in [5.74, 6) is 0.623. The van der Waals surface area contributed by atoms with Crippen LogP contribution in [0.15, 0.2) is 54.9 Å². The Labute approximate surface area is 179 Å². The molecule has 30 heavy (non-hydrogen) atoms. The molecule has 6 nitrogen and oxygen atoms in total. The Balaban J connectivity index is 1.59. The number of carbonyl (C=O) groups is 1. The molecule has 4 rings (SSSR count). The second-order valence-corrected chi connectivity index (χ2v) is 8.14. The Bertz CT molecular complexity index is 1190. The first-order chi connectivity index (χ1) is 14.5. The zero-order valence-electron chi connectivity index (χ0n) is 17.3. The summed E-state index contributed by atoms with van der Waals surface area (Å²) in [5.41, 5.74) is 5.23. The van der Waals surface area contributed by atoms with E-state index in [9.17, 15) is 4.79 Å². The van der Waals surface area contributed by atoms with Crippen LogP contribution in [0, 0.1) is 20.8 Å².